The Labute approximate surface area is 132 Å². The van der Waals surface area contributed by atoms with Crippen LogP contribution in [0.2, 0.25) is 5.02 Å². The van der Waals surface area contributed by atoms with E-state index in [1.54, 1.807) is 31.2 Å². The summed E-state index contributed by atoms with van der Waals surface area (Å²) in [7, 11) is 0. The van der Waals surface area contributed by atoms with Gasteiger partial charge in [0, 0.05) is 5.02 Å². The van der Waals surface area contributed by atoms with Crippen molar-refractivity contribution in [3.63, 3.8) is 0 Å². The van der Waals surface area contributed by atoms with Gasteiger partial charge in [0.15, 0.2) is 6.04 Å². The van der Waals surface area contributed by atoms with E-state index in [0.717, 1.165) is 0 Å². The minimum Gasteiger partial charge on any atom is -0.269 e. The van der Waals surface area contributed by atoms with Crippen molar-refractivity contribution >= 4 is 34.6 Å². The third kappa shape index (κ3) is 2.89. The second kappa shape index (κ2) is 6.07. The highest BCUT2D eigenvalue weighted by atomic mass is 35.5. The van der Waals surface area contributed by atoms with Gasteiger partial charge in [-0.15, -0.1) is 0 Å². The zero-order valence-corrected chi connectivity index (χ0v) is 12.6. The maximum atomic E-state index is 12.4. The van der Waals surface area contributed by atoms with Gasteiger partial charge in [-0.25, -0.2) is 0 Å². The standard InChI is InChI=1S/C16H13ClN4O/c1-11-15(19-18-13-7-5-6-12(17)10-13)16(22)21(20-11)14-8-3-2-4-9-14/h2-10,15H,1H3. The van der Waals surface area contributed by atoms with E-state index in [9.17, 15) is 4.79 Å². The van der Waals surface area contributed by atoms with E-state index < -0.39 is 6.04 Å². The molecule has 0 saturated heterocycles. The Balaban J connectivity index is 1.82. The normalized spacial score (nSPS) is 18.1. The van der Waals surface area contributed by atoms with Crippen molar-refractivity contribution < 1.29 is 4.79 Å². The van der Waals surface area contributed by atoms with Gasteiger partial charge < -0.3 is 0 Å². The second-order valence-corrected chi connectivity index (χ2v) is 5.26. The van der Waals surface area contributed by atoms with Crippen LogP contribution in [0.1, 0.15) is 6.92 Å². The van der Waals surface area contributed by atoms with Gasteiger partial charge in [-0.3, -0.25) is 4.79 Å². The Morgan fingerprint density at radius 1 is 1.14 bits per heavy atom. The first-order valence-corrected chi connectivity index (χ1v) is 7.13. The summed E-state index contributed by atoms with van der Waals surface area (Å²) in [4.78, 5) is 12.4. The molecule has 1 atom stereocenters. The Morgan fingerprint density at radius 3 is 2.64 bits per heavy atom. The number of anilines is 1. The van der Waals surface area contributed by atoms with Gasteiger partial charge in [-0.05, 0) is 37.3 Å². The van der Waals surface area contributed by atoms with Crippen LogP contribution in [0.5, 0.6) is 0 Å². The smallest absolute Gasteiger partial charge is 0.269 e. The zero-order chi connectivity index (χ0) is 15.5. The quantitative estimate of drug-likeness (QED) is 0.783. The molecule has 22 heavy (non-hydrogen) atoms. The predicted octanol–water partition coefficient (Wildman–Crippen LogP) is 4.22. The first-order valence-electron chi connectivity index (χ1n) is 6.76. The number of hydrazone groups is 1. The fourth-order valence-electron chi connectivity index (χ4n) is 2.11. The van der Waals surface area contributed by atoms with Crippen LogP contribution in [-0.4, -0.2) is 17.7 Å². The molecule has 0 saturated carbocycles. The van der Waals surface area contributed by atoms with Crippen molar-refractivity contribution in [1.29, 1.82) is 0 Å². The number of halogens is 1. The summed E-state index contributed by atoms with van der Waals surface area (Å²) >= 11 is 5.90. The summed E-state index contributed by atoms with van der Waals surface area (Å²) in [5.41, 5.74) is 1.93. The fourth-order valence-corrected chi connectivity index (χ4v) is 2.29. The molecule has 1 amide bonds. The highest BCUT2D eigenvalue weighted by Gasteiger charge is 2.34. The van der Waals surface area contributed by atoms with Crippen molar-refractivity contribution in [2.24, 2.45) is 15.3 Å². The molecule has 3 rings (SSSR count). The Kier molecular flexibility index (Phi) is 3.98. The second-order valence-electron chi connectivity index (χ2n) is 4.82. The monoisotopic (exact) mass is 312 g/mol. The molecule has 5 nitrogen and oxygen atoms in total. The molecule has 1 aliphatic heterocycles. The van der Waals surface area contributed by atoms with Gasteiger partial charge in [0.1, 0.15) is 0 Å². The molecule has 0 N–H and O–H groups in total. The maximum absolute atomic E-state index is 12.4. The number of hydrogen-bond acceptors (Lipinski definition) is 4. The van der Waals surface area contributed by atoms with E-state index in [-0.39, 0.29) is 5.91 Å². The third-order valence-corrected chi connectivity index (χ3v) is 3.43. The summed E-state index contributed by atoms with van der Waals surface area (Å²) in [5, 5.41) is 14.4. The molecule has 2 aromatic rings. The number of azo groups is 1. The van der Waals surface area contributed by atoms with Crippen LogP contribution in [-0.2, 0) is 4.79 Å². The highest BCUT2D eigenvalue weighted by Crippen LogP contribution is 2.24. The molecule has 0 fully saturated rings. The average molecular weight is 313 g/mol. The largest absolute Gasteiger partial charge is 0.280 e. The van der Waals surface area contributed by atoms with Crippen LogP contribution < -0.4 is 5.01 Å². The van der Waals surface area contributed by atoms with Crippen LogP contribution in [0.4, 0.5) is 11.4 Å². The molecule has 0 aromatic heterocycles. The molecule has 0 bridgehead atoms. The van der Waals surface area contributed by atoms with Gasteiger partial charge >= 0.3 is 0 Å². The summed E-state index contributed by atoms with van der Waals surface area (Å²) in [6, 6.07) is 15.5. The number of benzene rings is 2. The van der Waals surface area contributed by atoms with Crippen molar-refractivity contribution in [1.82, 2.24) is 0 Å². The maximum Gasteiger partial charge on any atom is 0.280 e. The lowest BCUT2D eigenvalue weighted by atomic mass is 10.2. The van der Waals surface area contributed by atoms with Crippen LogP contribution in [0, 0.1) is 0 Å². The van der Waals surface area contributed by atoms with Crippen LogP contribution in [0.25, 0.3) is 0 Å². The van der Waals surface area contributed by atoms with Crippen LogP contribution in [0.3, 0.4) is 0 Å². The number of para-hydroxylation sites is 1. The third-order valence-electron chi connectivity index (χ3n) is 3.19. The van der Waals surface area contributed by atoms with E-state index in [2.05, 4.69) is 15.3 Å². The summed E-state index contributed by atoms with van der Waals surface area (Å²) in [5.74, 6) is -0.213. The van der Waals surface area contributed by atoms with Gasteiger partial charge in [-0.1, -0.05) is 35.9 Å². The molecule has 110 valence electrons. The van der Waals surface area contributed by atoms with Gasteiger partial charge in [0.2, 0.25) is 0 Å². The number of carbonyl (C=O) groups excluding carboxylic acids is 1. The molecule has 2 aromatic carbocycles. The predicted molar refractivity (Wildman–Crippen MR) is 86.8 cm³/mol. The Bertz CT molecular complexity index is 758. The lowest BCUT2D eigenvalue weighted by Crippen LogP contribution is -2.29. The van der Waals surface area contributed by atoms with Crippen LogP contribution >= 0.6 is 11.6 Å². The first-order chi connectivity index (χ1) is 10.6. The minimum absolute atomic E-state index is 0.213. The van der Waals surface area contributed by atoms with E-state index >= 15 is 0 Å². The molecule has 1 aliphatic rings. The van der Waals surface area contributed by atoms with Crippen molar-refractivity contribution in [3.05, 3.63) is 59.6 Å². The average Bonchev–Trinajstić information content (AvgIpc) is 2.81. The van der Waals surface area contributed by atoms with E-state index in [4.69, 9.17) is 11.6 Å². The number of nitrogens with zero attached hydrogens (tertiary/aromatic N) is 4. The molecule has 1 heterocycles. The number of amides is 1. The van der Waals surface area contributed by atoms with E-state index in [1.807, 2.05) is 30.3 Å². The summed E-state index contributed by atoms with van der Waals surface area (Å²) in [6.07, 6.45) is 0. The molecular formula is C16H13ClN4O. The molecule has 0 radical (unpaired) electrons. The van der Waals surface area contributed by atoms with Gasteiger partial charge in [0.05, 0.1) is 17.1 Å². The zero-order valence-electron chi connectivity index (χ0n) is 11.8. The van der Waals surface area contributed by atoms with E-state index in [0.29, 0.717) is 22.1 Å². The van der Waals surface area contributed by atoms with E-state index in [1.165, 1.54) is 5.01 Å². The first kappa shape index (κ1) is 14.4. The van der Waals surface area contributed by atoms with Crippen molar-refractivity contribution in [2.75, 3.05) is 5.01 Å². The lowest BCUT2D eigenvalue weighted by Gasteiger charge is -2.11. The van der Waals surface area contributed by atoms with Gasteiger partial charge in [0.25, 0.3) is 5.91 Å². The number of hydrogen-bond donors (Lipinski definition) is 0. The molecular weight excluding hydrogens is 300 g/mol. The molecule has 1 unspecified atom stereocenters. The fraction of sp³-hybridized carbons (Fsp3) is 0.125. The Morgan fingerprint density at radius 2 is 1.91 bits per heavy atom. The number of carbonyl (C=O) groups is 1. The van der Waals surface area contributed by atoms with Crippen LogP contribution in [0.15, 0.2) is 69.9 Å². The Hall–Kier alpha value is -2.53. The SMILES string of the molecule is CC1=NN(c2ccccc2)C(=O)C1N=Nc1cccc(Cl)c1. The molecule has 0 spiro atoms. The van der Waals surface area contributed by atoms with Crippen molar-refractivity contribution in [3.8, 4) is 0 Å². The highest BCUT2D eigenvalue weighted by molar-refractivity contribution is 6.30. The summed E-state index contributed by atoms with van der Waals surface area (Å²) in [6.45, 7) is 1.77. The van der Waals surface area contributed by atoms with Crippen molar-refractivity contribution in [2.45, 2.75) is 13.0 Å². The molecule has 6 heteroatoms. The lowest BCUT2D eigenvalue weighted by molar-refractivity contribution is -0.117. The number of rotatable bonds is 3. The molecule has 0 aliphatic carbocycles. The topological polar surface area (TPSA) is 57.4 Å². The summed E-state index contributed by atoms with van der Waals surface area (Å²) < 4.78 is 0. The van der Waals surface area contributed by atoms with Gasteiger partial charge in [-0.2, -0.15) is 20.3 Å². The minimum atomic E-state index is -0.695.